The van der Waals surface area contributed by atoms with Gasteiger partial charge in [0.25, 0.3) is 0 Å². The van der Waals surface area contributed by atoms with Crippen LogP contribution in [0.15, 0.2) is 55.0 Å². The second-order valence-electron chi connectivity index (χ2n) is 6.35. The van der Waals surface area contributed by atoms with Crippen LogP contribution < -0.4 is 5.73 Å². The van der Waals surface area contributed by atoms with Crippen molar-refractivity contribution >= 4 is 16.9 Å². The first-order valence-corrected chi connectivity index (χ1v) is 8.90. The highest BCUT2D eigenvalue weighted by molar-refractivity contribution is 5.95. The molecule has 0 aliphatic rings. The summed E-state index contributed by atoms with van der Waals surface area (Å²) >= 11 is 0. The summed E-state index contributed by atoms with van der Waals surface area (Å²) in [6, 6.07) is 13.4. The summed E-state index contributed by atoms with van der Waals surface area (Å²) in [7, 11) is 0. The topological polar surface area (TPSA) is 107 Å². The number of pyridine rings is 2. The van der Waals surface area contributed by atoms with Gasteiger partial charge in [0.05, 0.1) is 34.5 Å². The Morgan fingerprint density at radius 3 is 2.89 bits per heavy atom. The summed E-state index contributed by atoms with van der Waals surface area (Å²) < 4.78 is 5.09. The summed E-state index contributed by atoms with van der Waals surface area (Å²) in [5.41, 5.74) is 10.8. The van der Waals surface area contributed by atoms with E-state index in [9.17, 15) is 4.79 Å². The number of nitrogens with zero attached hydrogens (tertiary/aromatic N) is 3. The molecule has 140 valence electrons. The van der Waals surface area contributed by atoms with E-state index < -0.39 is 5.97 Å². The third-order valence-corrected chi connectivity index (χ3v) is 4.33. The predicted molar refractivity (Wildman–Crippen MR) is 107 cm³/mol. The summed E-state index contributed by atoms with van der Waals surface area (Å²) in [4.78, 5) is 28.7. The lowest BCUT2D eigenvalue weighted by Gasteiger charge is -2.07. The molecule has 7 nitrogen and oxygen atoms in total. The molecule has 0 bridgehead atoms. The average Bonchev–Trinajstić information content (AvgIpc) is 3.21. The normalized spacial score (nSPS) is 10.9. The third kappa shape index (κ3) is 3.47. The average molecular weight is 373 g/mol. The number of fused-ring (bicyclic) bond motifs is 1. The maximum atomic E-state index is 12.1. The Morgan fingerprint density at radius 1 is 1.18 bits per heavy atom. The highest BCUT2D eigenvalue weighted by Crippen LogP contribution is 2.30. The minimum absolute atomic E-state index is 0.178. The van der Waals surface area contributed by atoms with Gasteiger partial charge in [-0.05, 0) is 37.3 Å². The predicted octanol–water partition coefficient (Wildman–Crippen LogP) is 3.11. The minimum atomic E-state index is -0.435. The number of imidazole rings is 1. The van der Waals surface area contributed by atoms with E-state index >= 15 is 0 Å². The molecule has 0 spiro atoms. The van der Waals surface area contributed by atoms with Crippen LogP contribution in [0.3, 0.4) is 0 Å². The molecule has 0 fully saturated rings. The molecule has 0 saturated heterocycles. The number of H-pyrrole nitrogens is 1. The van der Waals surface area contributed by atoms with Gasteiger partial charge in [-0.3, -0.25) is 9.97 Å². The van der Waals surface area contributed by atoms with Gasteiger partial charge in [-0.2, -0.15) is 0 Å². The van der Waals surface area contributed by atoms with Crippen LogP contribution in [-0.2, 0) is 4.74 Å². The van der Waals surface area contributed by atoms with Gasteiger partial charge >= 0.3 is 5.97 Å². The van der Waals surface area contributed by atoms with Crippen molar-refractivity contribution in [3.8, 4) is 22.6 Å². The summed E-state index contributed by atoms with van der Waals surface area (Å²) in [6.07, 6.45) is 3.16. The smallest absolute Gasteiger partial charge is 0.339 e. The Morgan fingerprint density at radius 2 is 2.07 bits per heavy atom. The van der Waals surface area contributed by atoms with E-state index in [4.69, 9.17) is 10.5 Å². The molecule has 3 heterocycles. The molecular weight excluding hydrogens is 354 g/mol. The number of aromatic amines is 1. The molecule has 28 heavy (non-hydrogen) atoms. The number of ether oxygens (including phenoxy) is 1. The van der Waals surface area contributed by atoms with Crippen molar-refractivity contribution in [3.63, 3.8) is 0 Å². The van der Waals surface area contributed by atoms with E-state index in [2.05, 4.69) is 19.9 Å². The Balaban J connectivity index is 1.74. The fraction of sp³-hybridized carbons (Fsp3) is 0.143. The van der Waals surface area contributed by atoms with Crippen molar-refractivity contribution in [1.29, 1.82) is 0 Å². The minimum Gasteiger partial charge on any atom is -0.461 e. The largest absolute Gasteiger partial charge is 0.461 e. The number of aryl methyl sites for hydroxylation is 1. The van der Waals surface area contributed by atoms with E-state index in [1.165, 1.54) is 6.20 Å². The lowest BCUT2D eigenvalue weighted by molar-refractivity contribution is 0.0516. The van der Waals surface area contributed by atoms with Gasteiger partial charge in [-0.1, -0.05) is 12.1 Å². The van der Waals surface area contributed by atoms with E-state index in [0.29, 0.717) is 5.56 Å². The third-order valence-electron chi connectivity index (χ3n) is 4.33. The number of nitrogens with one attached hydrogen (secondary N) is 1. The van der Waals surface area contributed by atoms with Crippen LogP contribution in [0.4, 0.5) is 0 Å². The molecule has 4 rings (SSSR count). The number of carbonyl (C=O) groups is 1. The first-order chi connectivity index (χ1) is 13.7. The van der Waals surface area contributed by atoms with Gasteiger partial charge in [0, 0.05) is 29.4 Å². The molecule has 1 aromatic carbocycles. The van der Waals surface area contributed by atoms with Crippen molar-refractivity contribution in [2.24, 2.45) is 5.73 Å². The van der Waals surface area contributed by atoms with Crippen LogP contribution in [0, 0.1) is 6.92 Å². The SMILES string of the molecule is Cc1cccc(-c2[nH]cnc2-c2ccc3ncc(C(=O)OCCN)cc3c2)n1. The van der Waals surface area contributed by atoms with E-state index in [1.54, 1.807) is 12.4 Å². The molecule has 3 aromatic heterocycles. The molecule has 0 aliphatic heterocycles. The molecule has 3 N–H and O–H groups in total. The molecule has 4 aromatic rings. The van der Waals surface area contributed by atoms with Gasteiger partial charge in [0.1, 0.15) is 6.61 Å². The number of carbonyl (C=O) groups excluding carboxylic acids is 1. The van der Waals surface area contributed by atoms with Crippen LogP contribution in [-0.4, -0.2) is 39.1 Å². The number of hydrogen-bond acceptors (Lipinski definition) is 6. The zero-order chi connectivity index (χ0) is 19.5. The Bertz CT molecular complexity index is 1150. The van der Waals surface area contributed by atoms with Gasteiger partial charge in [-0.15, -0.1) is 0 Å². The number of esters is 1. The van der Waals surface area contributed by atoms with Crippen molar-refractivity contribution in [3.05, 3.63) is 66.2 Å². The highest BCUT2D eigenvalue weighted by Gasteiger charge is 2.14. The van der Waals surface area contributed by atoms with Gasteiger partial charge in [0.2, 0.25) is 0 Å². The maximum Gasteiger partial charge on any atom is 0.339 e. The molecule has 0 radical (unpaired) electrons. The fourth-order valence-electron chi connectivity index (χ4n) is 3.02. The zero-order valence-corrected chi connectivity index (χ0v) is 15.3. The molecule has 7 heteroatoms. The van der Waals surface area contributed by atoms with Crippen LogP contribution in [0.5, 0.6) is 0 Å². The fourth-order valence-corrected chi connectivity index (χ4v) is 3.02. The second-order valence-corrected chi connectivity index (χ2v) is 6.35. The number of aromatic nitrogens is 4. The molecule has 0 unspecified atom stereocenters. The first-order valence-electron chi connectivity index (χ1n) is 8.90. The van der Waals surface area contributed by atoms with Crippen molar-refractivity contribution in [2.45, 2.75) is 6.92 Å². The van der Waals surface area contributed by atoms with Gasteiger partial charge in [-0.25, -0.2) is 9.78 Å². The number of hydrogen-bond donors (Lipinski definition) is 2. The van der Waals surface area contributed by atoms with Gasteiger partial charge in [0.15, 0.2) is 0 Å². The highest BCUT2D eigenvalue weighted by atomic mass is 16.5. The van der Waals surface area contributed by atoms with Crippen molar-refractivity contribution in [2.75, 3.05) is 13.2 Å². The summed E-state index contributed by atoms with van der Waals surface area (Å²) in [6.45, 7) is 2.41. The van der Waals surface area contributed by atoms with Crippen LogP contribution in [0.2, 0.25) is 0 Å². The molecule has 0 saturated carbocycles. The van der Waals surface area contributed by atoms with Crippen molar-refractivity contribution in [1.82, 2.24) is 19.9 Å². The first kappa shape index (κ1) is 17.8. The Kier molecular flexibility index (Phi) is 4.82. The van der Waals surface area contributed by atoms with E-state index in [-0.39, 0.29) is 13.2 Å². The van der Waals surface area contributed by atoms with E-state index in [0.717, 1.165) is 39.2 Å². The van der Waals surface area contributed by atoms with Crippen molar-refractivity contribution < 1.29 is 9.53 Å². The zero-order valence-electron chi connectivity index (χ0n) is 15.3. The number of nitrogens with two attached hydrogens (primary N) is 1. The molecule has 0 amide bonds. The van der Waals surface area contributed by atoms with Gasteiger partial charge < -0.3 is 15.5 Å². The molecule has 0 aliphatic carbocycles. The quantitative estimate of drug-likeness (QED) is 0.521. The molecular formula is C21H19N5O2. The summed E-state index contributed by atoms with van der Waals surface area (Å²) in [5, 5.41) is 0.825. The number of rotatable bonds is 5. The molecule has 0 atom stereocenters. The lowest BCUT2D eigenvalue weighted by atomic mass is 10.0. The second kappa shape index (κ2) is 7.58. The monoisotopic (exact) mass is 373 g/mol. The van der Waals surface area contributed by atoms with Crippen LogP contribution in [0.25, 0.3) is 33.5 Å². The lowest BCUT2D eigenvalue weighted by Crippen LogP contribution is -2.13. The van der Waals surface area contributed by atoms with Crippen LogP contribution in [0.1, 0.15) is 16.1 Å². The Labute approximate surface area is 161 Å². The maximum absolute atomic E-state index is 12.1. The summed E-state index contributed by atoms with van der Waals surface area (Å²) in [5.74, 6) is -0.435. The van der Waals surface area contributed by atoms with Crippen LogP contribution >= 0.6 is 0 Å². The number of benzene rings is 1. The van der Waals surface area contributed by atoms with E-state index in [1.807, 2.05) is 43.3 Å². The standard InChI is InChI=1S/C21H19N5O2/c1-13-3-2-4-18(26-13)20-19(24-12-25-20)14-5-6-17-15(9-14)10-16(11-23-17)21(27)28-8-7-22/h2-6,9-12H,7-8,22H2,1H3,(H,24,25). The Hall–Kier alpha value is -3.58.